The molecule has 1 unspecified atom stereocenters. The van der Waals surface area contributed by atoms with Crippen molar-refractivity contribution in [3.63, 3.8) is 0 Å². The molecular weight excluding hydrogens is 288 g/mol. The number of amides is 1. The van der Waals surface area contributed by atoms with Crippen LogP contribution in [0.4, 0.5) is 0 Å². The molecule has 0 N–H and O–H groups in total. The van der Waals surface area contributed by atoms with E-state index in [9.17, 15) is 4.79 Å². The van der Waals surface area contributed by atoms with Crippen molar-refractivity contribution in [3.8, 4) is 0 Å². The Balaban J connectivity index is 1.51. The average Bonchev–Trinajstić information content (AvgIpc) is 3.06. The zero-order chi connectivity index (χ0) is 15.6. The molecular formula is C18H24N4O. The molecule has 1 aliphatic heterocycles. The van der Waals surface area contributed by atoms with Crippen molar-refractivity contribution in [1.82, 2.24) is 19.5 Å². The van der Waals surface area contributed by atoms with Crippen LogP contribution in [0.2, 0.25) is 0 Å². The van der Waals surface area contributed by atoms with Crippen LogP contribution in [0.15, 0.2) is 24.4 Å². The lowest BCUT2D eigenvalue weighted by molar-refractivity contribution is -0.137. The number of aromatic nitrogens is 3. The molecule has 1 aliphatic carbocycles. The molecule has 2 aromatic rings. The summed E-state index contributed by atoms with van der Waals surface area (Å²) in [5.41, 5.74) is 0.887. The van der Waals surface area contributed by atoms with Crippen molar-refractivity contribution >= 4 is 11.6 Å². The van der Waals surface area contributed by atoms with Gasteiger partial charge >= 0.3 is 0 Å². The van der Waals surface area contributed by atoms with Crippen molar-refractivity contribution in [2.45, 2.75) is 50.9 Å². The highest BCUT2D eigenvalue weighted by Crippen LogP contribution is 2.30. The lowest BCUT2D eigenvalue weighted by Gasteiger charge is -2.35. The topological polar surface area (TPSA) is 50.5 Å². The molecule has 23 heavy (non-hydrogen) atoms. The van der Waals surface area contributed by atoms with Gasteiger partial charge in [0.25, 0.3) is 0 Å². The third-order valence-corrected chi connectivity index (χ3v) is 5.39. The summed E-state index contributed by atoms with van der Waals surface area (Å²) >= 11 is 0. The van der Waals surface area contributed by atoms with E-state index in [1.54, 1.807) is 0 Å². The van der Waals surface area contributed by atoms with Gasteiger partial charge in [-0.15, -0.1) is 10.2 Å². The monoisotopic (exact) mass is 312 g/mol. The Morgan fingerprint density at radius 2 is 1.91 bits per heavy atom. The van der Waals surface area contributed by atoms with Crippen LogP contribution in [-0.4, -0.2) is 38.5 Å². The Morgan fingerprint density at radius 1 is 1.04 bits per heavy atom. The van der Waals surface area contributed by atoms with E-state index in [4.69, 9.17) is 0 Å². The van der Waals surface area contributed by atoms with E-state index in [0.717, 1.165) is 50.2 Å². The summed E-state index contributed by atoms with van der Waals surface area (Å²) in [5.74, 6) is 1.94. The third kappa shape index (κ3) is 2.84. The van der Waals surface area contributed by atoms with E-state index in [1.807, 2.05) is 24.4 Å². The van der Waals surface area contributed by atoms with Crippen molar-refractivity contribution in [3.05, 3.63) is 30.2 Å². The second-order valence-electron chi connectivity index (χ2n) is 6.95. The van der Waals surface area contributed by atoms with Gasteiger partial charge in [0, 0.05) is 31.1 Å². The molecule has 0 spiro atoms. The maximum atomic E-state index is 12.8. The molecule has 5 heteroatoms. The maximum absolute atomic E-state index is 12.8. The van der Waals surface area contributed by atoms with Gasteiger partial charge in [-0.2, -0.15) is 0 Å². The Morgan fingerprint density at radius 3 is 2.78 bits per heavy atom. The number of piperidine rings is 1. The van der Waals surface area contributed by atoms with Crippen LogP contribution < -0.4 is 0 Å². The van der Waals surface area contributed by atoms with Gasteiger partial charge in [0.05, 0.1) is 0 Å². The number of hydrogen-bond acceptors (Lipinski definition) is 3. The summed E-state index contributed by atoms with van der Waals surface area (Å²) in [6, 6.07) is 5.96. The molecule has 1 atom stereocenters. The summed E-state index contributed by atoms with van der Waals surface area (Å²) in [6.45, 7) is 1.70. The molecule has 122 valence electrons. The number of likely N-dealkylation sites (tertiary alicyclic amines) is 1. The molecule has 5 nitrogen and oxygen atoms in total. The van der Waals surface area contributed by atoms with Gasteiger partial charge in [-0.25, -0.2) is 0 Å². The molecule has 0 aromatic carbocycles. The van der Waals surface area contributed by atoms with E-state index in [-0.39, 0.29) is 5.92 Å². The first-order valence-electron chi connectivity index (χ1n) is 8.91. The first-order chi connectivity index (χ1) is 11.3. The molecule has 1 saturated heterocycles. The van der Waals surface area contributed by atoms with Crippen LogP contribution in [0.1, 0.15) is 56.7 Å². The van der Waals surface area contributed by atoms with Crippen molar-refractivity contribution in [2.75, 3.05) is 13.1 Å². The highest BCUT2D eigenvalue weighted by molar-refractivity contribution is 5.79. The molecule has 2 aromatic heterocycles. The lowest BCUT2D eigenvalue weighted by Crippen LogP contribution is -2.43. The van der Waals surface area contributed by atoms with Crippen molar-refractivity contribution in [1.29, 1.82) is 0 Å². The van der Waals surface area contributed by atoms with Gasteiger partial charge in [-0.1, -0.05) is 25.3 Å². The number of carbonyl (C=O) groups is 1. The normalized spacial score (nSPS) is 23.3. The number of pyridine rings is 1. The van der Waals surface area contributed by atoms with Gasteiger partial charge in [0.1, 0.15) is 5.82 Å². The first-order valence-corrected chi connectivity index (χ1v) is 8.91. The van der Waals surface area contributed by atoms with Crippen LogP contribution in [0.3, 0.4) is 0 Å². The predicted molar refractivity (Wildman–Crippen MR) is 88.1 cm³/mol. The maximum Gasteiger partial charge on any atom is 0.225 e. The van der Waals surface area contributed by atoms with E-state index >= 15 is 0 Å². The van der Waals surface area contributed by atoms with Gasteiger partial charge < -0.3 is 4.90 Å². The molecule has 2 aliphatic rings. The quantitative estimate of drug-likeness (QED) is 0.856. The highest BCUT2D eigenvalue weighted by Gasteiger charge is 2.31. The van der Waals surface area contributed by atoms with E-state index in [1.165, 1.54) is 19.3 Å². The lowest BCUT2D eigenvalue weighted by atomic mass is 9.87. The molecule has 0 radical (unpaired) electrons. The summed E-state index contributed by atoms with van der Waals surface area (Å²) in [6.07, 6.45) is 10.0. The molecule has 1 saturated carbocycles. The fourth-order valence-corrected chi connectivity index (χ4v) is 4.13. The molecule has 2 fully saturated rings. The van der Waals surface area contributed by atoms with Crippen LogP contribution in [0, 0.1) is 5.92 Å². The molecule has 1 amide bonds. The highest BCUT2D eigenvalue weighted by atomic mass is 16.2. The minimum absolute atomic E-state index is 0.262. The average molecular weight is 312 g/mol. The largest absolute Gasteiger partial charge is 0.342 e. The fraction of sp³-hybridized carbons (Fsp3) is 0.611. The first kappa shape index (κ1) is 14.7. The summed E-state index contributed by atoms with van der Waals surface area (Å²) in [7, 11) is 0. The van der Waals surface area contributed by atoms with Crippen LogP contribution >= 0.6 is 0 Å². The minimum atomic E-state index is 0.262. The molecule has 4 rings (SSSR count). The smallest absolute Gasteiger partial charge is 0.225 e. The summed E-state index contributed by atoms with van der Waals surface area (Å²) in [5, 5.41) is 8.66. The number of fused-ring (bicyclic) bond motifs is 1. The number of rotatable bonds is 2. The molecule has 0 bridgehead atoms. The molecule has 3 heterocycles. The standard InChI is InChI=1S/C18H24N4O/c23-18(14-7-2-1-3-8-14)21-11-6-9-15(13-21)17-20-19-16-10-4-5-12-22(16)17/h4-5,10,12,14-15H,1-3,6-9,11,13H2. The van der Waals surface area contributed by atoms with E-state index in [2.05, 4.69) is 19.5 Å². The number of hydrogen-bond donors (Lipinski definition) is 0. The summed E-state index contributed by atoms with van der Waals surface area (Å²) in [4.78, 5) is 14.9. The van der Waals surface area contributed by atoms with Gasteiger partial charge in [-0.05, 0) is 37.8 Å². The second kappa shape index (κ2) is 6.30. The number of nitrogens with zero attached hydrogens (tertiary/aromatic N) is 4. The van der Waals surface area contributed by atoms with Crippen LogP contribution in [0.5, 0.6) is 0 Å². The Kier molecular flexibility index (Phi) is 4.02. The zero-order valence-corrected chi connectivity index (χ0v) is 13.5. The number of carbonyl (C=O) groups excluding carboxylic acids is 1. The Bertz CT molecular complexity index is 689. The second-order valence-corrected chi connectivity index (χ2v) is 6.95. The third-order valence-electron chi connectivity index (χ3n) is 5.39. The fourth-order valence-electron chi connectivity index (χ4n) is 4.13. The van der Waals surface area contributed by atoms with Crippen molar-refractivity contribution in [2.24, 2.45) is 5.92 Å². The predicted octanol–water partition coefficient (Wildman–Crippen LogP) is 3.02. The summed E-state index contributed by atoms with van der Waals surface area (Å²) < 4.78 is 2.07. The van der Waals surface area contributed by atoms with Gasteiger partial charge in [-0.3, -0.25) is 9.20 Å². The zero-order valence-electron chi connectivity index (χ0n) is 13.5. The van der Waals surface area contributed by atoms with E-state index < -0.39 is 0 Å². The van der Waals surface area contributed by atoms with E-state index in [0.29, 0.717) is 11.8 Å². The van der Waals surface area contributed by atoms with Crippen molar-refractivity contribution < 1.29 is 4.79 Å². The minimum Gasteiger partial charge on any atom is -0.342 e. The Labute approximate surface area is 136 Å². The van der Waals surface area contributed by atoms with Crippen LogP contribution in [0.25, 0.3) is 5.65 Å². The van der Waals surface area contributed by atoms with Crippen LogP contribution in [-0.2, 0) is 4.79 Å². The Hall–Kier alpha value is -1.91. The van der Waals surface area contributed by atoms with Gasteiger partial charge in [0.15, 0.2) is 5.65 Å². The SMILES string of the molecule is O=C(C1CCCCC1)N1CCCC(c2nnc3ccccn23)C1. The van der Waals surface area contributed by atoms with Gasteiger partial charge in [0.2, 0.25) is 5.91 Å².